The average Bonchev–Trinajstić information content (AvgIpc) is 3.07. The second kappa shape index (κ2) is 53.1. The zero-order valence-corrected chi connectivity index (χ0v) is 33.4. The lowest BCUT2D eigenvalue weighted by Crippen LogP contribution is -2.27. The topological polar surface area (TPSA) is 113 Å². The normalized spacial score (nSPS) is 10.8. The third-order valence-corrected chi connectivity index (χ3v) is 9.06. The van der Waals surface area contributed by atoms with Gasteiger partial charge in [-0.2, -0.15) is 0 Å². The highest BCUT2D eigenvalue weighted by Crippen LogP contribution is 2.15. The number of nitrogens with two attached hydrogens (primary N) is 2. The highest BCUT2D eigenvalue weighted by Gasteiger charge is 1.97. The molecule has 0 rings (SSSR count). The van der Waals surface area contributed by atoms with Gasteiger partial charge in [0.1, 0.15) is 0 Å². The molecule has 0 saturated carbocycles. The molecule has 0 aromatic rings. The van der Waals surface area contributed by atoms with Gasteiger partial charge in [-0.05, 0) is 25.9 Å². The fourth-order valence-corrected chi connectivity index (χ4v) is 6.05. The minimum atomic E-state index is -0.833. The molecule has 7 N–H and O–H groups in total. The first-order valence-electron chi connectivity index (χ1n) is 21.6. The number of nitrogens with one attached hydrogen (secondary N) is 2. The van der Waals surface area contributed by atoms with Gasteiger partial charge in [-0.25, -0.2) is 0 Å². The molecule has 0 unspecified atom stereocenters. The fraction of sp³-hybridized carbons (Fsp3) is 0.976. The Morgan fingerprint density at radius 3 is 0.729 bits per heavy atom. The molecule has 6 nitrogen and oxygen atoms in total. The van der Waals surface area contributed by atoms with E-state index in [1.165, 1.54) is 219 Å². The number of rotatable bonds is 38. The first-order valence-corrected chi connectivity index (χ1v) is 21.6. The van der Waals surface area contributed by atoms with E-state index in [1.807, 2.05) is 0 Å². The first-order chi connectivity index (χ1) is 23.6. The molecule has 0 aliphatic rings. The van der Waals surface area contributed by atoms with E-state index in [-0.39, 0.29) is 0 Å². The molecule has 0 amide bonds. The van der Waals surface area contributed by atoms with Crippen LogP contribution in [0.2, 0.25) is 0 Å². The second-order valence-electron chi connectivity index (χ2n) is 14.2. The Morgan fingerprint density at radius 1 is 0.375 bits per heavy atom. The number of aliphatic carboxylic acids is 1. The molecule has 0 heterocycles. The molecule has 0 radical (unpaired) electrons. The molecule has 6 heteroatoms. The van der Waals surface area contributed by atoms with Crippen molar-refractivity contribution in [3.05, 3.63) is 0 Å². The SMILES string of the molecule is CC(=O)O.CCCCCCCCCCCCCCCCCCNCCCCCCCCCCCCCCCCCC.NCCNCCN. The van der Waals surface area contributed by atoms with Crippen LogP contribution in [0, 0.1) is 0 Å². The van der Waals surface area contributed by atoms with E-state index in [9.17, 15) is 0 Å². The van der Waals surface area contributed by atoms with E-state index in [0.29, 0.717) is 13.1 Å². The Bertz CT molecular complexity index is 494. The van der Waals surface area contributed by atoms with Crippen LogP contribution in [0.15, 0.2) is 0 Å². The van der Waals surface area contributed by atoms with Crippen LogP contribution < -0.4 is 22.1 Å². The minimum absolute atomic E-state index is 0.694. The molecule has 0 fully saturated rings. The third-order valence-electron chi connectivity index (χ3n) is 9.06. The lowest BCUT2D eigenvalue weighted by atomic mass is 10.0. The molecule has 0 aromatic heterocycles. The molecule has 48 heavy (non-hydrogen) atoms. The molecule has 0 bridgehead atoms. The number of carboxylic acids is 1. The van der Waals surface area contributed by atoms with Gasteiger partial charge in [-0.15, -0.1) is 0 Å². The predicted molar refractivity (Wildman–Crippen MR) is 216 cm³/mol. The number of hydrogen-bond acceptors (Lipinski definition) is 5. The van der Waals surface area contributed by atoms with E-state index in [1.54, 1.807) is 0 Å². The molecule has 0 aliphatic carbocycles. The Balaban J connectivity index is -0.00000157. The second-order valence-corrected chi connectivity index (χ2v) is 14.2. The van der Waals surface area contributed by atoms with Crippen LogP contribution in [0.5, 0.6) is 0 Å². The van der Waals surface area contributed by atoms with Crippen LogP contribution in [0.25, 0.3) is 0 Å². The Kier molecular flexibility index (Phi) is 57.2. The fourth-order valence-electron chi connectivity index (χ4n) is 6.05. The van der Waals surface area contributed by atoms with Crippen molar-refractivity contribution in [3.63, 3.8) is 0 Å². The van der Waals surface area contributed by atoms with Gasteiger partial charge in [-0.3, -0.25) is 4.79 Å². The largest absolute Gasteiger partial charge is 0.481 e. The summed E-state index contributed by atoms with van der Waals surface area (Å²) in [5.74, 6) is -0.833. The standard InChI is InChI=1S/C36H75N.C4H13N3.C2H4O2/c1-3-5-7-9-11-13-15-17-19-21-23-25-27-29-31-33-35-37-36-34-32-30-28-26-24-22-20-18-16-14-12-10-8-6-4-2;5-1-3-7-4-2-6;1-2(3)4/h37H,3-36H2,1-2H3;7H,1-6H2;1H3,(H,3,4). The summed E-state index contributed by atoms with van der Waals surface area (Å²) in [6, 6.07) is 0. The molecular formula is C42H92N4O2. The van der Waals surface area contributed by atoms with Crippen molar-refractivity contribution in [2.75, 3.05) is 39.3 Å². The zero-order valence-electron chi connectivity index (χ0n) is 33.4. The van der Waals surface area contributed by atoms with Gasteiger partial charge in [-0.1, -0.05) is 206 Å². The molecule has 0 atom stereocenters. The van der Waals surface area contributed by atoms with Crippen molar-refractivity contribution < 1.29 is 9.90 Å². The minimum Gasteiger partial charge on any atom is -0.481 e. The summed E-state index contributed by atoms with van der Waals surface area (Å²) in [6.45, 7) is 11.3. The van der Waals surface area contributed by atoms with Crippen molar-refractivity contribution in [1.82, 2.24) is 10.6 Å². The van der Waals surface area contributed by atoms with Crippen molar-refractivity contribution in [3.8, 4) is 0 Å². The van der Waals surface area contributed by atoms with Crippen LogP contribution in [0.3, 0.4) is 0 Å². The summed E-state index contributed by atoms with van der Waals surface area (Å²) in [5.41, 5.74) is 10.3. The van der Waals surface area contributed by atoms with E-state index in [4.69, 9.17) is 21.4 Å². The van der Waals surface area contributed by atoms with Gasteiger partial charge < -0.3 is 27.2 Å². The summed E-state index contributed by atoms with van der Waals surface area (Å²) in [4.78, 5) is 9.00. The van der Waals surface area contributed by atoms with Crippen LogP contribution in [-0.4, -0.2) is 50.3 Å². The quantitative estimate of drug-likeness (QED) is 0.0414. The highest BCUT2D eigenvalue weighted by atomic mass is 16.4. The molecule has 292 valence electrons. The number of carbonyl (C=O) groups is 1. The van der Waals surface area contributed by atoms with Crippen LogP contribution in [-0.2, 0) is 4.79 Å². The van der Waals surface area contributed by atoms with Gasteiger partial charge >= 0.3 is 0 Å². The summed E-state index contributed by atoms with van der Waals surface area (Å²) in [7, 11) is 0. The number of unbranched alkanes of at least 4 members (excludes halogenated alkanes) is 30. The maximum absolute atomic E-state index is 9.00. The lowest BCUT2D eigenvalue weighted by molar-refractivity contribution is -0.134. The summed E-state index contributed by atoms with van der Waals surface area (Å²) in [6.07, 6.45) is 46.7. The van der Waals surface area contributed by atoms with Crippen molar-refractivity contribution >= 4 is 5.97 Å². The van der Waals surface area contributed by atoms with Crippen LogP contribution in [0.1, 0.15) is 226 Å². The number of carboxylic acid groups (broad SMARTS) is 1. The van der Waals surface area contributed by atoms with E-state index >= 15 is 0 Å². The van der Waals surface area contributed by atoms with E-state index in [0.717, 1.165) is 20.0 Å². The lowest BCUT2D eigenvalue weighted by Gasteiger charge is -2.06. The Labute approximate surface area is 302 Å². The average molecular weight is 685 g/mol. The monoisotopic (exact) mass is 685 g/mol. The van der Waals surface area contributed by atoms with E-state index in [2.05, 4.69) is 24.5 Å². The Morgan fingerprint density at radius 2 is 0.542 bits per heavy atom. The van der Waals surface area contributed by atoms with Crippen LogP contribution in [0.4, 0.5) is 0 Å². The molecule has 0 aromatic carbocycles. The maximum Gasteiger partial charge on any atom is 0.300 e. The maximum atomic E-state index is 9.00. The van der Waals surface area contributed by atoms with Crippen molar-refractivity contribution in [2.24, 2.45) is 11.5 Å². The molecular weight excluding hydrogens is 592 g/mol. The Hall–Kier alpha value is -0.690. The van der Waals surface area contributed by atoms with Gasteiger partial charge in [0.25, 0.3) is 5.97 Å². The van der Waals surface area contributed by atoms with Gasteiger partial charge in [0.05, 0.1) is 0 Å². The number of hydrogen-bond donors (Lipinski definition) is 5. The van der Waals surface area contributed by atoms with Crippen molar-refractivity contribution in [1.29, 1.82) is 0 Å². The first kappa shape index (κ1) is 51.7. The molecule has 0 spiro atoms. The summed E-state index contributed by atoms with van der Waals surface area (Å²) < 4.78 is 0. The highest BCUT2D eigenvalue weighted by molar-refractivity contribution is 5.62. The smallest absolute Gasteiger partial charge is 0.300 e. The third kappa shape index (κ3) is 63.9. The predicted octanol–water partition coefficient (Wildman–Crippen LogP) is 11.7. The van der Waals surface area contributed by atoms with Gasteiger partial charge in [0.2, 0.25) is 0 Å². The zero-order chi connectivity index (χ0) is 35.9. The van der Waals surface area contributed by atoms with Crippen molar-refractivity contribution in [2.45, 2.75) is 226 Å². The summed E-state index contributed by atoms with van der Waals surface area (Å²) >= 11 is 0. The summed E-state index contributed by atoms with van der Waals surface area (Å²) in [5, 5.41) is 14.1. The van der Waals surface area contributed by atoms with Crippen LogP contribution >= 0.6 is 0 Å². The van der Waals surface area contributed by atoms with Gasteiger partial charge in [0, 0.05) is 33.1 Å². The van der Waals surface area contributed by atoms with E-state index < -0.39 is 5.97 Å². The molecule has 0 saturated heterocycles. The molecule has 0 aliphatic heterocycles. The van der Waals surface area contributed by atoms with Gasteiger partial charge in [0.15, 0.2) is 0 Å².